The molecule has 5 nitrogen and oxygen atoms in total. The summed E-state index contributed by atoms with van der Waals surface area (Å²) in [4.78, 5) is 16.7. The molecule has 27 heavy (non-hydrogen) atoms. The maximum atomic E-state index is 12.0. The van der Waals surface area contributed by atoms with Crippen molar-refractivity contribution in [2.75, 3.05) is 49.5 Å². The summed E-state index contributed by atoms with van der Waals surface area (Å²) >= 11 is 12.2. The Labute approximate surface area is 170 Å². The van der Waals surface area contributed by atoms with Gasteiger partial charge in [0.05, 0.1) is 10.7 Å². The second-order valence-electron chi connectivity index (χ2n) is 6.62. The van der Waals surface area contributed by atoms with E-state index in [1.54, 1.807) is 12.1 Å². The number of hydrogen-bond acceptors (Lipinski definition) is 3. The third-order valence-electron chi connectivity index (χ3n) is 4.72. The monoisotopic (exact) mass is 406 g/mol. The second-order valence-corrected chi connectivity index (χ2v) is 7.46. The first-order valence-electron chi connectivity index (χ1n) is 9.06. The van der Waals surface area contributed by atoms with Crippen LogP contribution in [0.2, 0.25) is 10.0 Å². The fourth-order valence-corrected chi connectivity index (χ4v) is 3.54. The lowest BCUT2D eigenvalue weighted by atomic mass is 10.1. The van der Waals surface area contributed by atoms with Gasteiger partial charge in [0.25, 0.3) is 0 Å². The molecule has 0 bridgehead atoms. The number of aryl methyl sites for hydroxylation is 1. The number of halogens is 2. The molecular weight excluding hydrogens is 383 g/mol. The number of carbonyl (C=O) groups excluding carboxylic acids is 1. The Morgan fingerprint density at radius 3 is 2.56 bits per heavy atom. The quantitative estimate of drug-likeness (QED) is 0.779. The molecule has 2 aromatic rings. The lowest BCUT2D eigenvalue weighted by Gasteiger charge is -2.36. The van der Waals surface area contributed by atoms with E-state index in [-0.39, 0.29) is 6.03 Å². The van der Waals surface area contributed by atoms with Crippen LogP contribution in [0.1, 0.15) is 5.56 Å². The van der Waals surface area contributed by atoms with Crippen molar-refractivity contribution in [3.05, 3.63) is 58.1 Å². The van der Waals surface area contributed by atoms with Crippen LogP contribution in [0.25, 0.3) is 0 Å². The molecule has 1 fully saturated rings. The number of hydrogen-bond donors (Lipinski definition) is 2. The number of piperazine rings is 1. The van der Waals surface area contributed by atoms with Gasteiger partial charge in [-0.15, -0.1) is 0 Å². The Morgan fingerprint density at radius 2 is 1.81 bits per heavy atom. The molecule has 0 unspecified atom stereocenters. The van der Waals surface area contributed by atoms with Gasteiger partial charge < -0.3 is 15.5 Å². The van der Waals surface area contributed by atoms with Gasteiger partial charge in [0.1, 0.15) is 0 Å². The zero-order valence-corrected chi connectivity index (χ0v) is 16.9. The molecule has 1 saturated heterocycles. The van der Waals surface area contributed by atoms with Crippen molar-refractivity contribution < 1.29 is 4.79 Å². The fourth-order valence-electron chi connectivity index (χ4n) is 3.19. The van der Waals surface area contributed by atoms with Crippen LogP contribution in [0.15, 0.2) is 42.5 Å². The van der Waals surface area contributed by atoms with E-state index in [0.717, 1.165) is 37.7 Å². The van der Waals surface area contributed by atoms with Crippen molar-refractivity contribution in [1.82, 2.24) is 10.2 Å². The van der Waals surface area contributed by atoms with Gasteiger partial charge in [0.15, 0.2) is 0 Å². The summed E-state index contributed by atoms with van der Waals surface area (Å²) in [5.41, 5.74) is 3.06. The molecule has 0 aliphatic carbocycles. The van der Waals surface area contributed by atoms with E-state index in [1.165, 1.54) is 11.3 Å². The minimum atomic E-state index is -0.240. The molecule has 0 aromatic heterocycles. The van der Waals surface area contributed by atoms with Gasteiger partial charge in [-0.25, -0.2) is 4.79 Å². The summed E-state index contributed by atoms with van der Waals surface area (Å²) in [5, 5.41) is 6.95. The summed E-state index contributed by atoms with van der Waals surface area (Å²) in [6.07, 6.45) is 0. The molecule has 1 heterocycles. The molecule has 7 heteroatoms. The van der Waals surface area contributed by atoms with Crippen molar-refractivity contribution in [2.24, 2.45) is 0 Å². The number of urea groups is 1. The molecule has 2 amide bonds. The number of nitrogens with zero attached hydrogens (tertiary/aromatic N) is 2. The summed E-state index contributed by atoms with van der Waals surface area (Å²) < 4.78 is 0. The highest BCUT2D eigenvalue weighted by Gasteiger charge is 2.18. The van der Waals surface area contributed by atoms with Crippen LogP contribution in [-0.2, 0) is 0 Å². The van der Waals surface area contributed by atoms with Crippen LogP contribution in [0, 0.1) is 6.92 Å². The van der Waals surface area contributed by atoms with Crippen molar-refractivity contribution >= 4 is 40.6 Å². The predicted octanol–water partition coefficient (Wildman–Crippen LogP) is 4.25. The van der Waals surface area contributed by atoms with E-state index in [4.69, 9.17) is 23.2 Å². The summed E-state index contributed by atoms with van der Waals surface area (Å²) in [6, 6.07) is 13.0. The van der Waals surface area contributed by atoms with Crippen LogP contribution in [0.4, 0.5) is 16.2 Å². The molecule has 3 rings (SSSR count). The largest absolute Gasteiger partial charge is 0.369 e. The third-order valence-corrected chi connectivity index (χ3v) is 5.28. The minimum absolute atomic E-state index is 0.240. The Hall–Kier alpha value is -1.95. The highest BCUT2D eigenvalue weighted by atomic mass is 35.5. The van der Waals surface area contributed by atoms with Gasteiger partial charge in [0.2, 0.25) is 0 Å². The number of carbonyl (C=O) groups is 1. The van der Waals surface area contributed by atoms with E-state index >= 15 is 0 Å². The Kier molecular flexibility index (Phi) is 6.83. The molecule has 1 aliphatic heterocycles. The second kappa shape index (κ2) is 9.31. The lowest BCUT2D eigenvalue weighted by Crippen LogP contribution is -2.48. The molecule has 2 N–H and O–H groups in total. The van der Waals surface area contributed by atoms with E-state index in [9.17, 15) is 4.79 Å². The van der Waals surface area contributed by atoms with Gasteiger partial charge >= 0.3 is 6.03 Å². The van der Waals surface area contributed by atoms with Gasteiger partial charge in [-0.05, 0) is 36.8 Å². The molecule has 1 aliphatic rings. The van der Waals surface area contributed by atoms with Crippen molar-refractivity contribution in [3.63, 3.8) is 0 Å². The number of rotatable bonds is 5. The van der Waals surface area contributed by atoms with Crippen LogP contribution in [-0.4, -0.2) is 50.2 Å². The van der Waals surface area contributed by atoms with Gasteiger partial charge in [-0.1, -0.05) is 41.4 Å². The number of amides is 2. The maximum Gasteiger partial charge on any atom is 0.319 e. The fraction of sp³-hybridized carbons (Fsp3) is 0.350. The summed E-state index contributed by atoms with van der Waals surface area (Å²) in [7, 11) is 0. The SMILES string of the molecule is Cc1ccc(Cl)cc1N1CCN(CCNC(=O)Nc2ccccc2Cl)CC1. The topological polar surface area (TPSA) is 47.6 Å². The van der Waals surface area contributed by atoms with E-state index in [1.807, 2.05) is 24.3 Å². The molecule has 0 atom stereocenters. The van der Waals surface area contributed by atoms with Crippen LogP contribution >= 0.6 is 23.2 Å². The highest BCUT2D eigenvalue weighted by molar-refractivity contribution is 6.33. The third kappa shape index (κ3) is 5.51. The Bertz CT molecular complexity index is 791. The normalized spacial score (nSPS) is 14.9. The molecular formula is C20H24Cl2N4O. The Balaban J connectivity index is 1.40. The molecule has 0 saturated carbocycles. The van der Waals surface area contributed by atoms with E-state index < -0.39 is 0 Å². The average Bonchev–Trinajstić information content (AvgIpc) is 2.66. The summed E-state index contributed by atoms with van der Waals surface area (Å²) in [6.45, 7) is 7.34. The van der Waals surface area contributed by atoms with Crippen LogP contribution < -0.4 is 15.5 Å². The predicted molar refractivity (Wildman–Crippen MR) is 113 cm³/mol. The van der Waals surface area contributed by atoms with Crippen LogP contribution in [0.5, 0.6) is 0 Å². The molecule has 0 spiro atoms. The van der Waals surface area contributed by atoms with E-state index in [2.05, 4.69) is 33.4 Å². The standard InChI is InChI=1S/C20H24Cl2N4O/c1-15-6-7-16(21)14-19(15)26-12-10-25(11-13-26)9-8-23-20(27)24-18-5-3-2-4-17(18)22/h2-7,14H,8-13H2,1H3,(H2,23,24,27). The van der Waals surface area contributed by atoms with Gasteiger partial charge in [-0.3, -0.25) is 4.90 Å². The maximum absolute atomic E-state index is 12.0. The number of benzene rings is 2. The van der Waals surface area contributed by atoms with Gasteiger partial charge in [0, 0.05) is 50.0 Å². The molecule has 144 valence electrons. The molecule has 2 aromatic carbocycles. The first-order valence-corrected chi connectivity index (χ1v) is 9.81. The molecule has 0 radical (unpaired) electrons. The van der Waals surface area contributed by atoms with Crippen molar-refractivity contribution in [1.29, 1.82) is 0 Å². The zero-order valence-electron chi connectivity index (χ0n) is 15.3. The van der Waals surface area contributed by atoms with E-state index in [0.29, 0.717) is 17.3 Å². The first kappa shape index (κ1) is 19.8. The minimum Gasteiger partial charge on any atom is -0.369 e. The number of anilines is 2. The summed E-state index contributed by atoms with van der Waals surface area (Å²) in [5.74, 6) is 0. The number of para-hydroxylation sites is 1. The smallest absolute Gasteiger partial charge is 0.319 e. The van der Waals surface area contributed by atoms with Crippen molar-refractivity contribution in [2.45, 2.75) is 6.92 Å². The first-order chi connectivity index (χ1) is 13.0. The average molecular weight is 407 g/mol. The van der Waals surface area contributed by atoms with Gasteiger partial charge in [-0.2, -0.15) is 0 Å². The Morgan fingerprint density at radius 1 is 1.07 bits per heavy atom. The van der Waals surface area contributed by atoms with Crippen LogP contribution in [0.3, 0.4) is 0 Å². The number of nitrogens with one attached hydrogen (secondary N) is 2. The van der Waals surface area contributed by atoms with Crippen molar-refractivity contribution in [3.8, 4) is 0 Å². The lowest BCUT2D eigenvalue weighted by molar-refractivity contribution is 0.240. The zero-order chi connectivity index (χ0) is 19.2. The highest BCUT2D eigenvalue weighted by Crippen LogP contribution is 2.25.